The van der Waals surface area contributed by atoms with Crippen LogP contribution in [0.4, 0.5) is 0 Å². The number of hydrogen-bond donors (Lipinski definition) is 0. The van der Waals surface area contributed by atoms with Gasteiger partial charge in [-0.2, -0.15) is 5.10 Å². The Kier molecular flexibility index (Phi) is 4.85. The van der Waals surface area contributed by atoms with Crippen LogP contribution in [0.2, 0.25) is 0 Å². The number of carbonyl (C=O) groups excluding carboxylic acids is 2. The molecule has 1 rings (SSSR count). The largest absolute Gasteiger partial charge is 0.381 e. The molecule has 0 aliphatic rings. The highest BCUT2D eigenvalue weighted by molar-refractivity contribution is 6.07. The summed E-state index contributed by atoms with van der Waals surface area (Å²) in [5, 5.41) is 3.88. The van der Waals surface area contributed by atoms with Gasteiger partial charge >= 0.3 is 0 Å². The minimum absolute atomic E-state index is 0.0707. The van der Waals surface area contributed by atoms with E-state index >= 15 is 0 Å². The van der Waals surface area contributed by atoms with Gasteiger partial charge in [-0.05, 0) is 6.92 Å². The maximum atomic E-state index is 11.6. The molecule has 1 aromatic heterocycles. The van der Waals surface area contributed by atoms with Gasteiger partial charge < -0.3 is 4.74 Å². The molecule has 0 fully saturated rings. The second-order valence-electron chi connectivity index (χ2n) is 3.49. The standard InChI is InChI=1S/C11H16N2O3/c1-3-16-5-4-10(14)6-11(15)9-7-12-13(2)8-9/h7-8H,3-6H2,1-2H3. The maximum absolute atomic E-state index is 11.6. The van der Waals surface area contributed by atoms with E-state index in [1.54, 1.807) is 13.2 Å². The zero-order valence-corrected chi connectivity index (χ0v) is 9.60. The Labute approximate surface area is 94.4 Å². The van der Waals surface area contributed by atoms with Crippen molar-refractivity contribution in [3.8, 4) is 0 Å². The number of aromatic nitrogens is 2. The fourth-order valence-corrected chi connectivity index (χ4v) is 1.27. The molecule has 0 atom stereocenters. The third-order valence-electron chi connectivity index (χ3n) is 2.11. The van der Waals surface area contributed by atoms with E-state index in [0.29, 0.717) is 25.2 Å². The quantitative estimate of drug-likeness (QED) is 0.393. The van der Waals surface area contributed by atoms with Crippen molar-refractivity contribution in [3.05, 3.63) is 18.0 Å². The van der Waals surface area contributed by atoms with Gasteiger partial charge in [-0.1, -0.05) is 0 Å². The summed E-state index contributed by atoms with van der Waals surface area (Å²) < 4.78 is 6.59. The number of ether oxygens (including phenoxy) is 1. The highest BCUT2D eigenvalue weighted by Crippen LogP contribution is 2.03. The van der Waals surface area contributed by atoms with E-state index in [4.69, 9.17) is 4.74 Å². The molecule has 0 unspecified atom stereocenters. The molecular formula is C11H16N2O3. The maximum Gasteiger partial charge on any atom is 0.173 e. The van der Waals surface area contributed by atoms with Crippen LogP contribution in [0.3, 0.4) is 0 Å². The Morgan fingerprint density at radius 2 is 2.25 bits per heavy atom. The van der Waals surface area contributed by atoms with E-state index in [9.17, 15) is 9.59 Å². The minimum atomic E-state index is -0.186. The molecule has 0 aliphatic heterocycles. The lowest BCUT2D eigenvalue weighted by molar-refractivity contribution is -0.119. The van der Waals surface area contributed by atoms with Crippen LogP contribution in [0.1, 0.15) is 30.1 Å². The van der Waals surface area contributed by atoms with Crippen molar-refractivity contribution in [3.63, 3.8) is 0 Å². The molecule has 0 bridgehead atoms. The first-order valence-electron chi connectivity index (χ1n) is 5.24. The van der Waals surface area contributed by atoms with Crippen LogP contribution in [-0.2, 0) is 16.6 Å². The highest BCUT2D eigenvalue weighted by Gasteiger charge is 2.12. The van der Waals surface area contributed by atoms with Crippen LogP contribution in [0.25, 0.3) is 0 Å². The minimum Gasteiger partial charge on any atom is -0.381 e. The second kappa shape index (κ2) is 6.17. The van der Waals surface area contributed by atoms with E-state index < -0.39 is 0 Å². The van der Waals surface area contributed by atoms with Gasteiger partial charge in [-0.15, -0.1) is 0 Å². The van der Waals surface area contributed by atoms with Crippen LogP contribution in [-0.4, -0.2) is 34.6 Å². The molecule has 5 heteroatoms. The van der Waals surface area contributed by atoms with Gasteiger partial charge in [0.15, 0.2) is 5.78 Å². The summed E-state index contributed by atoms with van der Waals surface area (Å²) in [4.78, 5) is 23.0. The Morgan fingerprint density at radius 1 is 1.50 bits per heavy atom. The van der Waals surface area contributed by atoms with Crippen molar-refractivity contribution in [1.82, 2.24) is 9.78 Å². The smallest absolute Gasteiger partial charge is 0.173 e. The average molecular weight is 224 g/mol. The average Bonchev–Trinajstić information content (AvgIpc) is 2.65. The summed E-state index contributed by atoms with van der Waals surface area (Å²) >= 11 is 0. The van der Waals surface area contributed by atoms with Crippen molar-refractivity contribution < 1.29 is 14.3 Å². The Balaban J connectivity index is 2.37. The van der Waals surface area contributed by atoms with E-state index in [0.717, 1.165) is 0 Å². The van der Waals surface area contributed by atoms with Crippen molar-refractivity contribution >= 4 is 11.6 Å². The zero-order valence-electron chi connectivity index (χ0n) is 9.60. The molecule has 0 radical (unpaired) electrons. The lowest BCUT2D eigenvalue weighted by Gasteiger charge is -1.99. The van der Waals surface area contributed by atoms with E-state index in [-0.39, 0.29) is 18.0 Å². The molecular weight excluding hydrogens is 208 g/mol. The Bertz CT molecular complexity index is 371. The normalized spacial score (nSPS) is 10.4. The number of carbonyl (C=O) groups is 2. The number of rotatable bonds is 7. The first-order valence-corrected chi connectivity index (χ1v) is 5.24. The summed E-state index contributed by atoms with van der Waals surface area (Å²) in [5.74, 6) is -0.281. The number of ketones is 2. The van der Waals surface area contributed by atoms with Gasteiger partial charge in [0.1, 0.15) is 5.78 Å². The van der Waals surface area contributed by atoms with Gasteiger partial charge in [0.05, 0.1) is 24.8 Å². The molecule has 0 spiro atoms. The lowest BCUT2D eigenvalue weighted by Crippen LogP contribution is -2.10. The summed E-state index contributed by atoms with van der Waals surface area (Å²) in [5.41, 5.74) is 0.479. The number of hydrogen-bond acceptors (Lipinski definition) is 4. The summed E-state index contributed by atoms with van der Waals surface area (Å²) in [6, 6.07) is 0. The van der Waals surface area contributed by atoms with Gasteiger partial charge in [-0.25, -0.2) is 0 Å². The van der Waals surface area contributed by atoms with E-state index in [1.165, 1.54) is 10.9 Å². The van der Waals surface area contributed by atoms with Crippen molar-refractivity contribution in [2.75, 3.05) is 13.2 Å². The van der Waals surface area contributed by atoms with Crippen LogP contribution < -0.4 is 0 Å². The van der Waals surface area contributed by atoms with Gasteiger partial charge in [-0.3, -0.25) is 14.3 Å². The van der Waals surface area contributed by atoms with Crippen LogP contribution in [0.15, 0.2) is 12.4 Å². The Morgan fingerprint density at radius 3 is 2.81 bits per heavy atom. The van der Waals surface area contributed by atoms with Gasteiger partial charge in [0.2, 0.25) is 0 Å². The highest BCUT2D eigenvalue weighted by atomic mass is 16.5. The monoisotopic (exact) mass is 224 g/mol. The fraction of sp³-hybridized carbons (Fsp3) is 0.545. The first-order chi connectivity index (χ1) is 7.63. The summed E-state index contributed by atoms with van der Waals surface area (Å²) in [6.45, 7) is 2.84. The zero-order chi connectivity index (χ0) is 12.0. The third-order valence-corrected chi connectivity index (χ3v) is 2.11. The molecule has 0 aliphatic carbocycles. The molecule has 16 heavy (non-hydrogen) atoms. The molecule has 1 heterocycles. The van der Waals surface area contributed by atoms with Crippen LogP contribution in [0.5, 0.6) is 0 Å². The number of aryl methyl sites for hydroxylation is 1. The predicted molar refractivity (Wildman–Crippen MR) is 58.3 cm³/mol. The second-order valence-corrected chi connectivity index (χ2v) is 3.49. The molecule has 0 saturated heterocycles. The van der Waals surface area contributed by atoms with Crippen LogP contribution in [0, 0.1) is 0 Å². The molecule has 1 aromatic rings. The summed E-state index contributed by atoms with van der Waals surface area (Å²) in [7, 11) is 1.73. The fourth-order valence-electron chi connectivity index (χ4n) is 1.27. The third kappa shape index (κ3) is 3.94. The predicted octanol–water partition coefficient (Wildman–Crippen LogP) is 0.989. The molecule has 0 N–H and O–H groups in total. The van der Waals surface area contributed by atoms with Gasteiger partial charge in [0, 0.05) is 26.3 Å². The molecule has 0 saturated carbocycles. The van der Waals surface area contributed by atoms with Crippen molar-refractivity contribution in [1.29, 1.82) is 0 Å². The lowest BCUT2D eigenvalue weighted by atomic mass is 10.1. The topological polar surface area (TPSA) is 61.2 Å². The molecule has 0 aromatic carbocycles. The molecule has 0 amide bonds. The first kappa shape index (κ1) is 12.6. The number of nitrogens with zero attached hydrogens (tertiary/aromatic N) is 2. The van der Waals surface area contributed by atoms with Gasteiger partial charge in [0.25, 0.3) is 0 Å². The van der Waals surface area contributed by atoms with Crippen molar-refractivity contribution in [2.24, 2.45) is 7.05 Å². The van der Waals surface area contributed by atoms with Crippen LogP contribution >= 0.6 is 0 Å². The Hall–Kier alpha value is -1.49. The SMILES string of the molecule is CCOCCC(=O)CC(=O)c1cnn(C)c1. The molecule has 5 nitrogen and oxygen atoms in total. The molecule has 88 valence electrons. The number of Topliss-reactive ketones (excluding diaryl/α,β-unsaturated/α-hetero) is 2. The van der Waals surface area contributed by atoms with E-state index in [1.807, 2.05) is 6.92 Å². The summed E-state index contributed by atoms with van der Waals surface area (Å²) in [6.07, 6.45) is 3.30. The van der Waals surface area contributed by atoms with E-state index in [2.05, 4.69) is 5.10 Å². The van der Waals surface area contributed by atoms with Crippen molar-refractivity contribution in [2.45, 2.75) is 19.8 Å².